The van der Waals surface area contributed by atoms with E-state index in [9.17, 15) is 9.59 Å². The first-order valence-corrected chi connectivity index (χ1v) is 9.49. The molecular formula is C23H14ClNO5. The molecule has 4 aromatic rings. The van der Waals surface area contributed by atoms with Gasteiger partial charge in [-0.05, 0) is 60.7 Å². The number of amides is 1. The Morgan fingerprint density at radius 3 is 2.53 bits per heavy atom. The molecule has 0 fully saturated rings. The molecule has 0 spiro atoms. The van der Waals surface area contributed by atoms with Gasteiger partial charge < -0.3 is 19.2 Å². The third-order valence-corrected chi connectivity index (χ3v) is 5.00. The second kappa shape index (κ2) is 7.24. The lowest BCUT2D eigenvalue weighted by molar-refractivity contribution is 0.102. The van der Waals surface area contributed by atoms with Gasteiger partial charge in [0.25, 0.3) is 5.91 Å². The lowest BCUT2D eigenvalue weighted by Gasteiger charge is -2.08. The largest absolute Gasteiger partial charge is 0.456 e. The van der Waals surface area contributed by atoms with Crippen molar-refractivity contribution in [1.82, 2.24) is 0 Å². The van der Waals surface area contributed by atoms with Gasteiger partial charge in [0.15, 0.2) is 16.9 Å². The fourth-order valence-electron chi connectivity index (χ4n) is 3.23. The number of hydrogen-bond acceptors (Lipinski definition) is 5. The predicted molar refractivity (Wildman–Crippen MR) is 113 cm³/mol. The van der Waals surface area contributed by atoms with Crippen LogP contribution in [0.4, 0.5) is 5.69 Å². The van der Waals surface area contributed by atoms with Gasteiger partial charge >= 0.3 is 0 Å². The van der Waals surface area contributed by atoms with E-state index in [-0.39, 0.29) is 18.1 Å². The molecule has 6 nitrogen and oxygen atoms in total. The fraction of sp³-hybridized carbons (Fsp3) is 0.0435. The van der Waals surface area contributed by atoms with Gasteiger partial charge in [-0.15, -0.1) is 0 Å². The van der Waals surface area contributed by atoms with Crippen molar-refractivity contribution in [3.05, 3.63) is 87.5 Å². The molecule has 1 amide bonds. The maximum absolute atomic E-state index is 12.6. The summed E-state index contributed by atoms with van der Waals surface area (Å²) in [5.41, 5.74) is 1.87. The molecule has 0 aliphatic carbocycles. The van der Waals surface area contributed by atoms with E-state index >= 15 is 0 Å². The smallest absolute Gasteiger partial charge is 0.255 e. The zero-order valence-electron chi connectivity index (χ0n) is 15.5. The molecule has 0 unspecified atom stereocenters. The molecule has 3 aromatic carbocycles. The van der Waals surface area contributed by atoms with Crippen LogP contribution in [0.3, 0.4) is 0 Å². The van der Waals surface area contributed by atoms with Crippen LogP contribution in [0.5, 0.6) is 11.5 Å². The minimum Gasteiger partial charge on any atom is -0.456 e. The monoisotopic (exact) mass is 419 g/mol. The van der Waals surface area contributed by atoms with Crippen molar-refractivity contribution in [2.45, 2.75) is 0 Å². The summed E-state index contributed by atoms with van der Waals surface area (Å²) >= 11 is 5.92. The molecular weight excluding hydrogens is 406 g/mol. The minimum absolute atomic E-state index is 0.138. The summed E-state index contributed by atoms with van der Waals surface area (Å²) in [7, 11) is 0. The van der Waals surface area contributed by atoms with E-state index in [1.165, 1.54) is 6.07 Å². The third kappa shape index (κ3) is 3.38. The number of ether oxygens (including phenoxy) is 2. The van der Waals surface area contributed by atoms with E-state index in [1.807, 2.05) is 0 Å². The van der Waals surface area contributed by atoms with Crippen molar-refractivity contribution in [3.63, 3.8) is 0 Å². The molecule has 1 aliphatic rings. The van der Waals surface area contributed by atoms with Crippen LogP contribution in [0, 0.1) is 0 Å². The van der Waals surface area contributed by atoms with Gasteiger partial charge in [-0.1, -0.05) is 11.6 Å². The Balaban J connectivity index is 1.44. The highest BCUT2D eigenvalue weighted by atomic mass is 35.5. The third-order valence-electron chi connectivity index (χ3n) is 4.75. The van der Waals surface area contributed by atoms with Crippen molar-refractivity contribution in [2.75, 3.05) is 12.1 Å². The molecule has 148 valence electrons. The highest BCUT2D eigenvalue weighted by Crippen LogP contribution is 2.33. The number of nitrogens with one attached hydrogen (secondary N) is 1. The Hall–Kier alpha value is -3.77. The molecule has 0 radical (unpaired) electrons. The first-order valence-electron chi connectivity index (χ1n) is 9.12. The molecule has 2 heterocycles. The van der Waals surface area contributed by atoms with E-state index < -0.39 is 0 Å². The summed E-state index contributed by atoms with van der Waals surface area (Å²) in [4.78, 5) is 25.2. The van der Waals surface area contributed by atoms with Crippen LogP contribution >= 0.6 is 11.6 Å². The lowest BCUT2D eigenvalue weighted by Crippen LogP contribution is -2.12. The molecule has 0 atom stereocenters. The van der Waals surface area contributed by atoms with Crippen LogP contribution in [0.1, 0.15) is 10.4 Å². The summed E-state index contributed by atoms with van der Waals surface area (Å²) in [5.74, 6) is 1.25. The molecule has 7 heteroatoms. The van der Waals surface area contributed by atoms with E-state index in [2.05, 4.69) is 5.32 Å². The zero-order chi connectivity index (χ0) is 20.7. The van der Waals surface area contributed by atoms with Crippen LogP contribution in [0.15, 0.2) is 75.9 Å². The molecule has 0 bridgehead atoms. The van der Waals surface area contributed by atoms with E-state index in [0.29, 0.717) is 44.5 Å². The number of carbonyl (C=O) groups excluding carboxylic acids is 1. The number of benzene rings is 3. The number of rotatable bonds is 3. The van der Waals surface area contributed by atoms with Crippen molar-refractivity contribution in [2.24, 2.45) is 0 Å². The average molecular weight is 420 g/mol. The molecule has 0 saturated heterocycles. The molecule has 30 heavy (non-hydrogen) atoms. The fourth-order valence-corrected chi connectivity index (χ4v) is 3.36. The standard InChI is InChI=1S/C23H14ClNO5/c24-15-4-1-13(2-5-15)21-11-18(26)17-10-16(6-8-19(17)30-21)25-23(27)14-3-7-20-22(9-14)29-12-28-20/h1-11H,12H2,(H,25,27). The van der Waals surface area contributed by atoms with Gasteiger partial charge in [0, 0.05) is 27.9 Å². The van der Waals surface area contributed by atoms with Crippen LogP contribution in [0.2, 0.25) is 5.02 Å². The van der Waals surface area contributed by atoms with Gasteiger partial charge in [-0.2, -0.15) is 0 Å². The predicted octanol–water partition coefficient (Wildman–Crippen LogP) is 5.09. The van der Waals surface area contributed by atoms with Crippen molar-refractivity contribution in [3.8, 4) is 22.8 Å². The summed E-state index contributed by atoms with van der Waals surface area (Å²) < 4.78 is 16.4. The van der Waals surface area contributed by atoms with Crippen molar-refractivity contribution in [1.29, 1.82) is 0 Å². The van der Waals surface area contributed by atoms with Gasteiger partial charge in [-0.25, -0.2) is 0 Å². The average Bonchev–Trinajstić information content (AvgIpc) is 3.22. The Kier molecular flexibility index (Phi) is 4.41. The maximum atomic E-state index is 12.6. The molecule has 1 aliphatic heterocycles. The quantitative estimate of drug-likeness (QED) is 0.500. The second-order valence-corrected chi connectivity index (χ2v) is 7.15. The molecule has 0 saturated carbocycles. The maximum Gasteiger partial charge on any atom is 0.255 e. The highest BCUT2D eigenvalue weighted by Gasteiger charge is 2.17. The molecule has 5 rings (SSSR count). The number of halogens is 1. The minimum atomic E-state index is -0.324. The normalized spacial score (nSPS) is 12.2. The van der Waals surface area contributed by atoms with Crippen LogP contribution in [0.25, 0.3) is 22.3 Å². The van der Waals surface area contributed by atoms with Gasteiger partial charge in [0.05, 0.1) is 5.39 Å². The topological polar surface area (TPSA) is 77.8 Å². The number of fused-ring (bicyclic) bond motifs is 2. The Morgan fingerprint density at radius 1 is 0.900 bits per heavy atom. The summed E-state index contributed by atoms with van der Waals surface area (Å²) in [6.07, 6.45) is 0. The second-order valence-electron chi connectivity index (χ2n) is 6.71. The van der Waals surface area contributed by atoms with Crippen LogP contribution in [-0.4, -0.2) is 12.7 Å². The van der Waals surface area contributed by atoms with Gasteiger partial charge in [0.2, 0.25) is 6.79 Å². The highest BCUT2D eigenvalue weighted by molar-refractivity contribution is 6.30. The number of carbonyl (C=O) groups is 1. The van der Waals surface area contributed by atoms with Gasteiger partial charge in [0.1, 0.15) is 11.3 Å². The SMILES string of the molecule is O=C(Nc1ccc2oc(-c3ccc(Cl)cc3)cc(=O)c2c1)c1ccc2c(c1)OCO2. The van der Waals surface area contributed by atoms with E-state index in [1.54, 1.807) is 60.7 Å². The Labute approximate surface area is 175 Å². The molecule has 1 aromatic heterocycles. The lowest BCUT2D eigenvalue weighted by atomic mass is 10.1. The van der Waals surface area contributed by atoms with E-state index in [0.717, 1.165) is 5.56 Å². The van der Waals surface area contributed by atoms with Gasteiger partial charge in [-0.3, -0.25) is 9.59 Å². The summed E-state index contributed by atoms with van der Waals surface area (Å²) in [6, 6.07) is 18.3. The van der Waals surface area contributed by atoms with Crippen LogP contribution < -0.4 is 20.2 Å². The number of hydrogen-bond donors (Lipinski definition) is 1. The first kappa shape index (κ1) is 18.3. The summed E-state index contributed by atoms with van der Waals surface area (Å²) in [5, 5.41) is 3.76. The van der Waals surface area contributed by atoms with E-state index in [4.69, 9.17) is 25.5 Å². The van der Waals surface area contributed by atoms with Crippen molar-refractivity contribution < 1.29 is 18.7 Å². The molecule has 1 N–H and O–H groups in total. The summed E-state index contributed by atoms with van der Waals surface area (Å²) in [6.45, 7) is 0.138. The number of anilines is 1. The van der Waals surface area contributed by atoms with Crippen molar-refractivity contribution >= 4 is 34.2 Å². The Morgan fingerprint density at radius 2 is 1.70 bits per heavy atom. The Bertz CT molecular complexity index is 1340. The van der Waals surface area contributed by atoms with Crippen LogP contribution in [-0.2, 0) is 0 Å². The zero-order valence-corrected chi connectivity index (χ0v) is 16.2. The first-order chi connectivity index (χ1) is 14.6.